The monoisotopic (exact) mass is 539 g/mol. The fourth-order valence-corrected chi connectivity index (χ4v) is 5.33. The third-order valence-electron chi connectivity index (χ3n) is 7.01. The second kappa shape index (κ2) is 11.0. The van der Waals surface area contributed by atoms with E-state index in [1.54, 1.807) is 0 Å². The number of nitrogens with zero attached hydrogens (tertiary/aromatic N) is 1. The van der Waals surface area contributed by atoms with Crippen LogP contribution in [0.2, 0.25) is 0 Å². The summed E-state index contributed by atoms with van der Waals surface area (Å²) in [7, 11) is 1.94. The molecule has 0 aliphatic rings. The molecule has 0 amide bonds. The van der Waals surface area contributed by atoms with E-state index < -0.39 is 7.40 Å². The van der Waals surface area contributed by atoms with Crippen LogP contribution in [-0.2, 0) is 0 Å². The van der Waals surface area contributed by atoms with Gasteiger partial charge in [-0.1, -0.05) is 109 Å². The van der Waals surface area contributed by atoms with Crippen molar-refractivity contribution in [1.82, 2.24) is 4.57 Å². The Labute approximate surface area is 232 Å². The highest BCUT2D eigenvalue weighted by Crippen LogP contribution is 2.36. The molecule has 0 aliphatic heterocycles. The molecule has 0 saturated carbocycles. The van der Waals surface area contributed by atoms with Crippen LogP contribution in [0.5, 0.6) is 0 Å². The van der Waals surface area contributed by atoms with Crippen molar-refractivity contribution in [2.45, 2.75) is 0 Å². The standard InChI is InChI=1S/C34H23N.CH6NP2/c1-2-11-28(12-3-1)35-33-16-7-6-14-31(33)32-23-27(21-22-34(32)35)24-17-19-26(20-18-24)30-15-8-10-25-9-4-5-13-29(25)30;1-4(2)3/h1-23H;2H,3H2,1H3/q;+1. The summed E-state index contributed by atoms with van der Waals surface area (Å²) in [6.45, 7) is 1.86. The zero-order chi connectivity index (χ0) is 26.8. The maximum absolute atomic E-state index is 6.61. The molecule has 1 N–H and O–H groups in total. The molecule has 0 aliphatic carbocycles. The molecule has 0 spiro atoms. The average Bonchev–Trinajstić information content (AvgIpc) is 3.31. The molecular weight excluding hydrogens is 510 g/mol. The van der Waals surface area contributed by atoms with Crippen molar-refractivity contribution >= 4 is 48.9 Å². The molecule has 188 valence electrons. The Bertz CT molecular complexity index is 1930. The summed E-state index contributed by atoms with van der Waals surface area (Å²) < 4.78 is 2.36. The second-order valence-electron chi connectivity index (χ2n) is 9.64. The summed E-state index contributed by atoms with van der Waals surface area (Å²) in [5, 5.41) is 11.7. The van der Waals surface area contributed by atoms with E-state index in [9.17, 15) is 0 Å². The molecule has 0 fully saturated rings. The molecule has 1 heterocycles. The second-order valence-corrected chi connectivity index (χ2v) is 13.2. The van der Waals surface area contributed by atoms with E-state index >= 15 is 0 Å². The van der Waals surface area contributed by atoms with Crippen LogP contribution in [0, 0.1) is 5.16 Å². The van der Waals surface area contributed by atoms with Gasteiger partial charge in [-0.15, -0.1) is 5.16 Å². The van der Waals surface area contributed by atoms with E-state index in [-0.39, 0.29) is 0 Å². The van der Waals surface area contributed by atoms with E-state index in [1.807, 2.05) is 6.66 Å². The predicted octanol–water partition coefficient (Wildman–Crippen LogP) is 10.9. The van der Waals surface area contributed by atoms with Crippen LogP contribution in [0.1, 0.15) is 0 Å². The lowest BCUT2D eigenvalue weighted by Gasteiger charge is -2.09. The summed E-state index contributed by atoms with van der Waals surface area (Å²) in [5.41, 5.74) is 8.63. The predicted molar refractivity (Wildman–Crippen MR) is 174 cm³/mol. The third kappa shape index (κ3) is 5.02. The largest absolute Gasteiger partial charge is 0.309 e. The molecule has 4 heteroatoms. The molecule has 0 radical (unpaired) electrons. The maximum Gasteiger partial charge on any atom is 0.204 e. The van der Waals surface area contributed by atoms with Gasteiger partial charge in [-0.3, -0.25) is 0 Å². The number of nitrogens with one attached hydrogen (secondary N) is 1. The Balaban J connectivity index is 0.000000650. The van der Waals surface area contributed by atoms with Gasteiger partial charge in [0.25, 0.3) is 0 Å². The molecule has 2 atom stereocenters. The normalized spacial score (nSPS) is 11.4. The van der Waals surface area contributed by atoms with Crippen molar-refractivity contribution < 1.29 is 0 Å². The smallest absolute Gasteiger partial charge is 0.204 e. The van der Waals surface area contributed by atoms with Gasteiger partial charge in [0, 0.05) is 16.5 Å². The Kier molecular flexibility index (Phi) is 7.08. The number of hydrogen-bond acceptors (Lipinski definition) is 1. The van der Waals surface area contributed by atoms with Crippen LogP contribution in [-0.4, -0.2) is 11.2 Å². The minimum atomic E-state index is -0.454. The summed E-state index contributed by atoms with van der Waals surface area (Å²) in [6, 6.07) is 50.2. The molecule has 2 nitrogen and oxygen atoms in total. The van der Waals surface area contributed by atoms with E-state index in [4.69, 9.17) is 5.16 Å². The third-order valence-corrected chi connectivity index (χ3v) is 7.01. The molecule has 0 saturated heterocycles. The zero-order valence-corrected chi connectivity index (χ0v) is 23.8. The fourth-order valence-electron chi connectivity index (χ4n) is 5.33. The summed E-state index contributed by atoms with van der Waals surface area (Å²) >= 11 is 0. The number of para-hydroxylation sites is 2. The number of hydrogen-bond donors (Lipinski definition) is 1. The van der Waals surface area contributed by atoms with Gasteiger partial charge in [0.05, 0.1) is 11.0 Å². The molecule has 6 aromatic carbocycles. The zero-order valence-electron chi connectivity index (χ0n) is 21.8. The van der Waals surface area contributed by atoms with Crippen LogP contribution in [0.4, 0.5) is 0 Å². The number of fused-ring (bicyclic) bond motifs is 4. The highest BCUT2D eigenvalue weighted by atomic mass is 32.0. The lowest BCUT2D eigenvalue weighted by Crippen LogP contribution is -1.92. The molecule has 1 aromatic heterocycles. The number of aromatic nitrogens is 1. The van der Waals surface area contributed by atoms with E-state index in [2.05, 4.69) is 153 Å². The van der Waals surface area contributed by atoms with E-state index in [1.165, 1.54) is 60.5 Å². The van der Waals surface area contributed by atoms with Gasteiger partial charge in [-0.25, -0.2) is 0 Å². The van der Waals surface area contributed by atoms with Gasteiger partial charge in [0.15, 0.2) is 0 Å². The Morgan fingerprint density at radius 2 is 1.10 bits per heavy atom. The molecule has 39 heavy (non-hydrogen) atoms. The van der Waals surface area contributed by atoms with Crippen LogP contribution < -0.4 is 0 Å². The average molecular weight is 540 g/mol. The van der Waals surface area contributed by atoms with Crippen molar-refractivity contribution in [3.8, 4) is 27.9 Å². The lowest BCUT2D eigenvalue weighted by molar-refractivity contribution is 1.18. The number of benzene rings is 6. The van der Waals surface area contributed by atoms with Crippen molar-refractivity contribution in [2.75, 3.05) is 6.66 Å². The first-order valence-corrected chi connectivity index (χ1v) is 16.4. The highest BCUT2D eigenvalue weighted by Gasteiger charge is 2.13. The van der Waals surface area contributed by atoms with Gasteiger partial charge in [-0.05, 0) is 63.4 Å². The lowest BCUT2D eigenvalue weighted by atomic mass is 9.96. The first-order valence-electron chi connectivity index (χ1n) is 13.0. The van der Waals surface area contributed by atoms with Gasteiger partial charge in [0.1, 0.15) is 15.6 Å². The Morgan fingerprint density at radius 3 is 1.87 bits per heavy atom. The van der Waals surface area contributed by atoms with E-state index in [0.717, 1.165) is 0 Å². The van der Waals surface area contributed by atoms with Gasteiger partial charge in [-0.2, -0.15) is 0 Å². The minimum absolute atomic E-state index is 0.454. The summed E-state index contributed by atoms with van der Waals surface area (Å²) in [5.74, 6) is 0. The fraction of sp³-hybridized carbons (Fsp3) is 0.0286. The SMILES string of the molecule is C[P+](=N)P.c1ccc(-n2c3ccccc3c3cc(-c4ccc(-c5cccc6ccccc56)cc4)ccc32)cc1. The Morgan fingerprint density at radius 1 is 0.538 bits per heavy atom. The van der Waals surface area contributed by atoms with Crippen molar-refractivity contribution in [3.05, 3.63) is 140 Å². The summed E-state index contributed by atoms with van der Waals surface area (Å²) in [4.78, 5) is 0. The number of rotatable bonds is 3. The van der Waals surface area contributed by atoms with Crippen molar-refractivity contribution in [3.63, 3.8) is 0 Å². The molecular formula is C35H29N2P2+. The first-order chi connectivity index (χ1) is 19.1. The van der Waals surface area contributed by atoms with Crippen LogP contribution in [0.25, 0.3) is 60.5 Å². The van der Waals surface area contributed by atoms with Crippen LogP contribution in [0.15, 0.2) is 140 Å². The van der Waals surface area contributed by atoms with Gasteiger partial charge >= 0.3 is 0 Å². The summed E-state index contributed by atoms with van der Waals surface area (Å²) in [6.07, 6.45) is 0. The Hall–Kier alpha value is -4.09. The highest BCUT2D eigenvalue weighted by molar-refractivity contribution is 8.06. The van der Waals surface area contributed by atoms with Gasteiger partial charge < -0.3 is 4.57 Å². The molecule has 7 rings (SSSR count). The molecule has 7 aromatic rings. The molecule has 0 bridgehead atoms. The topological polar surface area (TPSA) is 28.8 Å². The van der Waals surface area contributed by atoms with E-state index in [0.29, 0.717) is 0 Å². The molecule has 2 unspecified atom stereocenters. The van der Waals surface area contributed by atoms with Gasteiger partial charge in [0.2, 0.25) is 7.40 Å². The van der Waals surface area contributed by atoms with Crippen molar-refractivity contribution in [1.29, 1.82) is 5.16 Å². The quantitative estimate of drug-likeness (QED) is 0.216. The van der Waals surface area contributed by atoms with Crippen LogP contribution in [0.3, 0.4) is 0 Å². The van der Waals surface area contributed by atoms with Crippen LogP contribution >= 0.6 is 16.3 Å². The maximum atomic E-state index is 6.61. The van der Waals surface area contributed by atoms with Crippen molar-refractivity contribution in [2.24, 2.45) is 0 Å². The first kappa shape index (κ1) is 25.2. The minimum Gasteiger partial charge on any atom is -0.309 e.